The second kappa shape index (κ2) is 14.9. The zero-order valence-corrected chi connectivity index (χ0v) is 28.7. The first kappa shape index (κ1) is 33.0. The molecular weight excluding hydrogens is 655 g/mol. The fourth-order valence-corrected chi connectivity index (χ4v) is 7.84. The molecule has 6 aromatic rings. The highest BCUT2D eigenvalue weighted by Gasteiger charge is 2.38. The molecule has 4 aromatic carbocycles. The molecule has 0 aliphatic carbocycles. The number of ether oxygens (including phenoxy) is 2. The first-order valence-corrected chi connectivity index (χ1v) is 17.9. The Hall–Kier alpha value is -4.52. The van der Waals surface area contributed by atoms with Gasteiger partial charge < -0.3 is 19.9 Å². The summed E-state index contributed by atoms with van der Waals surface area (Å²) in [4.78, 5) is 21.7. The normalized spacial score (nSPS) is 19.2. The molecule has 2 N–H and O–H groups in total. The van der Waals surface area contributed by atoms with Gasteiger partial charge in [-0.25, -0.2) is 4.98 Å². The van der Waals surface area contributed by atoms with Crippen LogP contribution in [0.5, 0.6) is 0 Å². The van der Waals surface area contributed by atoms with Crippen LogP contribution in [0.1, 0.15) is 57.1 Å². The fourth-order valence-electron chi connectivity index (χ4n) is 5.83. The van der Waals surface area contributed by atoms with Crippen LogP contribution in [-0.4, -0.2) is 43.0 Å². The number of fused-ring (bicyclic) bond motifs is 1. The maximum atomic E-state index is 12.9. The van der Waals surface area contributed by atoms with Crippen molar-refractivity contribution in [2.75, 3.05) is 5.75 Å². The lowest BCUT2D eigenvalue weighted by Gasteiger charge is -2.41. The van der Waals surface area contributed by atoms with E-state index in [0.29, 0.717) is 12.1 Å². The number of hydrogen-bond acceptors (Lipinski definition) is 10. The highest BCUT2D eigenvalue weighted by atomic mass is 32.2. The van der Waals surface area contributed by atoms with Gasteiger partial charge in [0, 0.05) is 23.8 Å². The summed E-state index contributed by atoms with van der Waals surface area (Å²) in [7, 11) is 0. The van der Waals surface area contributed by atoms with Crippen LogP contribution in [0.25, 0.3) is 22.2 Å². The van der Waals surface area contributed by atoms with Gasteiger partial charge in [-0.1, -0.05) is 109 Å². The van der Waals surface area contributed by atoms with Gasteiger partial charge in [-0.05, 0) is 52.9 Å². The van der Waals surface area contributed by atoms with Crippen molar-refractivity contribution in [3.8, 4) is 11.1 Å². The minimum Gasteiger partial charge on any atom is -0.392 e. The SMILES string of the molecule is Cc1nnc(SCC2OC(c3ccc(-c4cccc(CNC(=O)c5cnc6ccccc6n5)c4)cc3)OC(c3ccc(CO)cc3)C2C)s1. The van der Waals surface area contributed by atoms with Crippen LogP contribution in [0.2, 0.25) is 0 Å². The monoisotopic (exact) mass is 689 g/mol. The van der Waals surface area contributed by atoms with Gasteiger partial charge in [-0.15, -0.1) is 10.2 Å². The first-order valence-electron chi connectivity index (χ1n) is 16.1. The molecule has 9 nitrogen and oxygen atoms in total. The third kappa shape index (κ3) is 7.71. The summed E-state index contributed by atoms with van der Waals surface area (Å²) in [6.07, 6.45) is 0.656. The van der Waals surface area contributed by atoms with Gasteiger partial charge in [0.1, 0.15) is 10.7 Å². The van der Waals surface area contributed by atoms with Crippen molar-refractivity contribution >= 4 is 40.0 Å². The number of aliphatic hydroxyl groups excluding tert-OH is 1. The first-order chi connectivity index (χ1) is 23.9. The van der Waals surface area contributed by atoms with Gasteiger partial charge >= 0.3 is 0 Å². The number of aryl methyl sites for hydroxylation is 1. The molecule has 1 amide bonds. The Labute approximate surface area is 292 Å². The number of carbonyl (C=O) groups excluding carboxylic acids is 1. The van der Waals surface area contributed by atoms with E-state index in [1.165, 1.54) is 6.20 Å². The van der Waals surface area contributed by atoms with Crippen molar-refractivity contribution in [3.05, 3.63) is 136 Å². The molecule has 11 heteroatoms. The molecule has 1 aliphatic rings. The van der Waals surface area contributed by atoms with Crippen LogP contribution in [0, 0.1) is 12.8 Å². The summed E-state index contributed by atoms with van der Waals surface area (Å²) in [5.41, 5.74) is 7.60. The number of aromatic nitrogens is 4. The predicted octanol–water partition coefficient (Wildman–Crippen LogP) is 7.46. The molecule has 0 bridgehead atoms. The van der Waals surface area contributed by atoms with Crippen LogP contribution in [-0.2, 0) is 22.6 Å². The zero-order chi connectivity index (χ0) is 33.7. The number of thioether (sulfide) groups is 1. The van der Waals surface area contributed by atoms with E-state index in [4.69, 9.17) is 9.47 Å². The van der Waals surface area contributed by atoms with E-state index < -0.39 is 6.29 Å². The number of rotatable bonds is 10. The third-order valence-corrected chi connectivity index (χ3v) is 10.6. The highest BCUT2D eigenvalue weighted by molar-refractivity contribution is 8.01. The topological polar surface area (TPSA) is 119 Å². The van der Waals surface area contributed by atoms with Gasteiger partial charge in [0.05, 0.1) is 36.0 Å². The van der Waals surface area contributed by atoms with Gasteiger partial charge in [-0.3, -0.25) is 9.78 Å². The predicted molar refractivity (Wildman–Crippen MR) is 191 cm³/mol. The van der Waals surface area contributed by atoms with E-state index >= 15 is 0 Å². The molecule has 4 atom stereocenters. The number of aliphatic hydroxyl groups is 1. The largest absolute Gasteiger partial charge is 0.392 e. The average molecular weight is 690 g/mol. The number of nitrogens with zero attached hydrogens (tertiary/aromatic N) is 4. The van der Waals surface area contributed by atoms with Crippen molar-refractivity contribution in [1.29, 1.82) is 0 Å². The molecule has 3 heterocycles. The number of hydrogen-bond donors (Lipinski definition) is 2. The van der Waals surface area contributed by atoms with Crippen molar-refractivity contribution in [3.63, 3.8) is 0 Å². The quantitative estimate of drug-likeness (QED) is 0.141. The Morgan fingerprint density at radius 2 is 1.65 bits per heavy atom. The molecule has 49 heavy (non-hydrogen) atoms. The number of nitrogens with one attached hydrogen (secondary N) is 1. The maximum Gasteiger partial charge on any atom is 0.271 e. The smallest absolute Gasteiger partial charge is 0.271 e. The second-order valence-corrected chi connectivity index (χ2v) is 14.4. The van der Waals surface area contributed by atoms with Gasteiger partial charge in [0.15, 0.2) is 10.6 Å². The van der Waals surface area contributed by atoms with E-state index in [2.05, 4.69) is 56.7 Å². The van der Waals surface area contributed by atoms with Crippen LogP contribution in [0.3, 0.4) is 0 Å². The van der Waals surface area contributed by atoms with Gasteiger partial charge in [0.25, 0.3) is 5.91 Å². The molecule has 2 aromatic heterocycles. The lowest BCUT2D eigenvalue weighted by molar-refractivity contribution is -0.268. The summed E-state index contributed by atoms with van der Waals surface area (Å²) in [5.74, 6) is 0.525. The molecule has 0 spiro atoms. The standard InChI is InChI=1S/C38H35N5O4S2/c1-23-34(22-48-38-43-42-24(2)49-38)46-37(47-35(23)28-12-10-25(21-44)11-13-28)29-16-14-27(15-17-29)30-7-5-6-26(18-30)19-40-36(45)33-20-39-31-8-3-4-9-32(31)41-33/h3-18,20,23,34-35,37,44H,19,21-22H2,1-2H3,(H,40,45). The molecule has 0 saturated carbocycles. The van der Waals surface area contributed by atoms with Gasteiger partial charge in [0.2, 0.25) is 0 Å². The lowest BCUT2D eigenvalue weighted by Crippen LogP contribution is -2.38. The van der Waals surface area contributed by atoms with Gasteiger partial charge in [-0.2, -0.15) is 0 Å². The van der Waals surface area contributed by atoms with E-state index in [0.717, 1.165) is 54.0 Å². The Morgan fingerprint density at radius 1 is 0.878 bits per heavy atom. The van der Waals surface area contributed by atoms with E-state index in [1.54, 1.807) is 23.1 Å². The number of carbonyl (C=O) groups is 1. The summed E-state index contributed by atoms with van der Waals surface area (Å²) < 4.78 is 14.2. The minimum atomic E-state index is -0.561. The number of para-hydroxylation sites is 2. The summed E-state index contributed by atoms with van der Waals surface area (Å²) >= 11 is 3.24. The summed E-state index contributed by atoms with van der Waals surface area (Å²) in [5, 5.41) is 21.9. The second-order valence-electron chi connectivity index (χ2n) is 12.0. The Bertz CT molecular complexity index is 2050. The van der Waals surface area contributed by atoms with Crippen LogP contribution < -0.4 is 5.32 Å². The van der Waals surface area contributed by atoms with Crippen LogP contribution in [0.4, 0.5) is 0 Å². The Balaban J connectivity index is 1.05. The van der Waals surface area contributed by atoms with E-state index in [-0.39, 0.29) is 36.3 Å². The number of amides is 1. The van der Waals surface area contributed by atoms with E-state index in [9.17, 15) is 9.90 Å². The van der Waals surface area contributed by atoms with Crippen molar-refractivity contribution < 1.29 is 19.4 Å². The maximum absolute atomic E-state index is 12.9. The summed E-state index contributed by atoms with van der Waals surface area (Å²) in [6, 6.07) is 31.8. The molecule has 248 valence electrons. The van der Waals surface area contributed by atoms with Crippen LogP contribution in [0.15, 0.2) is 108 Å². The van der Waals surface area contributed by atoms with Crippen molar-refractivity contribution in [2.45, 2.75) is 49.8 Å². The van der Waals surface area contributed by atoms with Crippen molar-refractivity contribution in [1.82, 2.24) is 25.5 Å². The van der Waals surface area contributed by atoms with E-state index in [1.807, 2.05) is 79.7 Å². The zero-order valence-electron chi connectivity index (χ0n) is 27.0. The highest BCUT2D eigenvalue weighted by Crippen LogP contribution is 2.43. The third-order valence-electron chi connectivity index (χ3n) is 8.58. The lowest BCUT2D eigenvalue weighted by atomic mass is 9.91. The molecule has 1 fully saturated rings. The molecule has 1 saturated heterocycles. The fraction of sp³-hybridized carbons (Fsp3) is 0.237. The molecule has 7 rings (SSSR count). The molecular formula is C38H35N5O4S2. The number of benzene rings is 4. The van der Waals surface area contributed by atoms with Crippen LogP contribution >= 0.6 is 23.1 Å². The molecule has 1 aliphatic heterocycles. The summed E-state index contributed by atoms with van der Waals surface area (Å²) in [6.45, 7) is 4.47. The minimum absolute atomic E-state index is 0.00195. The Morgan fingerprint density at radius 3 is 2.41 bits per heavy atom. The Kier molecular flexibility index (Phi) is 10.1. The molecule has 4 unspecified atom stereocenters. The van der Waals surface area contributed by atoms with Crippen molar-refractivity contribution in [2.24, 2.45) is 5.92 Å². The average Bonchev–Trinajstić information content (AvgIpc) is 3.58. The molecule has 0 radical (unpaired) electrons.